The number of aliphatic hydroxyl groups excluding tert-OH is 1. The number of nitrogens with one attached hydrogen (secondary N) is 1. The van der Waals surface area contributed by atoms with Crippen LogP contribution in [0.2, 0.25) is 0 Å². The number of rotatable bonds is 40. The van der Waals surface area contributed by atoms with Gasteiger partial charge in [0.15, 0.2) is 0 Å². The molecule has 2 saturated heterocycles. The summed E-state index contributed by atoms with van der Waals surface area (Å²) in [6.45, 7) is 5.73. The van der Waals surface area contributed by atoms with Crippen LogP contribution in [0.1, 0.15) is 233 Å². The standard InChI is InChI=1S/C52H94N4O10S/c1-4-7-9-11-13-15-17-19-21-23-25-27-29-33-46(58)65-52(6-3,66-47(59)34-30-28-26-24-22-20-18-16-14-12-10-8-5-2)38-45-41(51(63)64)35-37-56(45)50(62)44-32-31-36-55(44)49(61)43(39-57)54-48(60)42(53)40-67/h41-45,57,67H,4-40,53H2,1-3H3,(H,54,60)(H,63,64)/t41?,42-,43-,44-,45+/m0/s1. The maximum atomic E-state index is 14.5. The molecular weight excluding hydrogens is 873 g/mol. The second-order valence-corrected chi connectivity index (χ2v) is 19.8. The van der Waals surface area contributed by atoms with Crippen LogP contribution in [0.25, 0.3) is 0 Å². The lowest BCUT2D eigenvalue weighted by atomic mass is 9.92. The monoisotopic (exact) mass is 967 g/mol. The maximum Gasteiger partial charge on any atom is 0.309 e. The molecule has 15 heteroatoms. The van der Waals surface area contributed by atoms with Crippen molar-refractivity contribution in [3.8, 4) is 0 Å². The molecular formula is C52H94N4O10S. The van der Waals surface area contributed by atoms with E-state index in [0.717, 1.165) is 38.5 Å². The number of hydrogen-bond acceptors (Lipinski definition) is 11. The molecule has 0 aromatic heterocycles. The highest BCUT2D eigenvalue weighted by Crippen LogP contribution is 2.37. The minimum absolute atomic E-state index is 0.0207. The van der Waals surface area contributed by atoms with Crippen LogP contribution >= 0.6 is 12.6 Å². The van der Waals surface area contributed by atoms with Gasteiger partial charge in [0.25, 0.3) is 5.79 Å². The van der Waals surface area contributed by atoms with Crippen molar-refractivity contribution in [2.45, 2.75) is 263 Å². The van der Waals surface area contributed by atoms with Crippen molar-refractivity contribution in [3.63, 3.8) is 0 Å². The number of carboxylic acid groups (broad SMARTS) is 1. The second kappa shape index (κ2) is 36.1. The molecule has 2 fully saturated rings. The highest BCUT2D eigenvalue weighted by atomic mass is 32.1. The van der Waals surface area contributed by atoms with Crippen molar-refractivity contribution in [1.29, 1.82) is 0 Å². The molecule has 5 atom stereocenters. The Balaban J connectivity index is 2.13. The fraction of sp³-hybridized carbons (Fsp3) is 0.885. The molecule has 0 spiro atoms. The minimum atomic E-state index is -1.81. The third kappa shape index (κ3) is 23.5. The van der Waals surface area contributed by atoms with E-state index in [9.17, 15) is 39.0 Å². The molecule has 0 radical (unpaired) electrons. The molecule has 0 aromatic rings. The summed E-state index contributed by atoms with van der Waals surface area (Å²) in [5, 5.41) is 23.0. The molecule has 2 rings (SSSR count). The number of aliphatic carboxylic acids is 1. The lowest BCUT2D eigenvalue weighted by molar-refractivity contribution is -0.237. The van der Waals surface area contributed by atoms with E-state index in [-0.39, 0.29) is 57.4 Å². The first-order valence-corrected chi connectivity index (χ1v) is 27.6. The van der Waals surface area contributed by atoms with E-state index in [2.05, 4.69) is 31.8 Å². The van der Waals surface area contributed by atoms with Crippen LogP contribution in [0.5, 0.6) is 0 Å². The first-order valence-electron chi connectivity index (χ1n) is 26.9. The Morgan fingerprint density at radius 1 is 0.657 bits per heavy atom. The van der Waals surface area contributed by atoms with E-state index < -0.39 is 78.1 Å². The average Bonchev–Trinajstić information content (AvgIpc) is 3.98. The van der Waals surface area contributed by atoms with E-state index in [1.165, 1.54) is 125 Å². The molecule has 0 aliphatic carbocycles. The smallest absolute Gasteiger partial charge is 0.309 e. The fourth-order valence-corrected chi connectivity index (χ4v) is 9.86. The molecule has 5 N–H and O–H groups in total. The summed E-state index contributed by atoms with van der Waals surface area (Å²) in [6.07, 6.45) is 31.0. The van der Waals surface area contributed by atoms with Gasteiger partial charge in [0.05, 0.1) is 24.6 Å². The summed E-state index contributed by atoms with van der Waals surface area (Å²) in [4.78, 5) is 83.5. The van der Waals surface area contributed by atoms with Crippen molar-refractivity contribution in [3.05, 3.63) is 0 Å². The number of aliphatic hydroxyl groups is 1. The number of ether oxygens (including phenoxy) is 2. The van der Waals surface area contributed by atoms with Gasteiger partial charge in [-0.25, -0.2) is 0 Å². The van der Waals surface area contributed by atoms with E-state index >= 15 is 0 Å². The van der Waals surface area contributed by atoms with Gasteiger partial charge in [-0.3, -0.25) is 28.8 Å². The molecule has 1 unspecified atom stereocenters. The summed E-state index contributed by atoms with van der Waals surface area (Å²) < 4.78 is 12.3. The van der Waals surface area contributed by atoms with Gasteiger partial charge >= 0.3 is 17.9 Å². The average molecular weight is 967 g/mol. The predicted molar refractivity (Wildman–Crippen MR) is 267 cm³/mol. The second-order valence-electron chi connectivity index (χ2n) is 19.5. The number of carbonyl (C=O) groups excluding carboxylic acids is 5. The molecule has 0 aromatic carbocycles. The van der Waals surface area contributed by atoms with Crippen LogP contribution < -0.4 is 11.1 Å². The number of esters is 2. The molecule has 3 amide bonds. The molecule has 0 bridgehead atoms. The molecule has 2 heterocycles. The molecule has 14 nitrogen and oxygen atoms in total. The summed E-state index contributed by atoms with van der Waals surface area (Å²) in [5.74, 6) is -6.87. The predicted octanol–water partition coefficient (Wildman–Crippen LogP) is 9.56. The number of unbranched alkanes of at least 4 members (excludes halogenated alkanes) is 24. The Labute approximate surface area is 410 Å². The molecule has 2 aliphatic heterocycles. The maximum absolute atomic E-state index is 14.5. The molecule has 0 saturated carbocycles. The summed E-state index contributed by atoms with van der Waals surface area (Å²) in [5.41, 5.74) is 5.78. The van der Waals surface area contributed by atoms with E-state index in [1.54, 1.807) is 6.92 Å². The Kier molecular flexibility index (Phi) is 32.4. The van der Waals surface area contributed by atoms with Gasteiger partial charge in [-0.15, -0.1) is 0 Å². The third-order valence-corrected chi connectivity index (χ3v) is 14.3. The quantitative estimate of drug-likeness (QED) is 0.0169. The Morgan fingerprint density at radius 3 is 1.48 bits per heavy atom. The van der Waals surface area contributed by atoms with Gasteiger partial charge in [0, 0.05) is 44.5 Å². The minimum Gasteiger partial charge on any atom is -0.481 e. The van der Waals surface area contributed by atoms with Gasteiger partial charge in [0.2, 0.25) is 17.7 Å². The Bertz CT molecular complexity index is 1380. The zero-order valence-corrected chi connectivity index (χ0v) is 43.0. The first kappa shape index (κ1) is 60.2. The summed E-state index contributed by atoms with van der Waals surface area (Å²) in [6, 6.07) is -4.36. The largest absolute Gasteiger partial charge is 0.481 e. The number of nitrogens with zero attached hydrogens (tertiary/aromatic N) is 2. The van der Waals surface area contributed by atoms with Crippen molar-refractivity contribution in [1.82, 2.24) is 15.1 Å². The number of likely N-dealkylation sites (tertiary alicyclic amines) is 2. The number of hydrogen-bond donors (Lipinski definition) is 5. The van der Waals surface area contributed by atoms with Gasteiger partial charge in [-0.05, 0) is 32.1 Å². The number of amides is 3. The van der Waals surface area contributed by atoms with Crippen molar-refractivity contribution >= 4 is 48.3 Å². The zero-order chi connectivity index (χ0) is 49.3. The van der Waals surface area contributed by atoms with Gasteiger partial charge in [-0.2, -0.15) is 12.6 Å². The highest BCUT2D eigenvalue weighted by molar-refractivity contribution is 7.80. The Hall–Kier alpha value is -2.91. The molecule has 2 aliphatic rings. The van der Waals surface area contributed by atoms with Crippen LogP contribution in [-0.4, -0.2) is 111 Å². The summed E-state index contributed by atoms with van der Waals surface area (Å²) >= 11 is 4.04. The van der Waals surface area contributed by atoms with Crippen molar-refractivity contribution in [2.24, 2.45) is 11.7 Å². The van der Waals surface area contributed by atoms with Crippen molar-refractivity contribution < 1.29 is 48.5 Å². The van der Waals surface area contributed by atoms with Gasteiger partial charge in [0.1, 0.15) is 12.1 Å². The van der Waals surface area contributed by atoms with Gasteiger partial charge in [-0.1, -0.05) is 175 Å². The third-order valence-electron chi connectivity index (χ3n) is 13.9. The van der Waals surface area contributed by atoms with E-state index in [4.69, 9.17) is 15.2 Å². The van der Waals surface area contributed by atoms with Crippen LogP contribution in [0, 0.1) is 5.92 Å². The van der Waals surface area contributed by atoms with E-state index in [0.29, 0.717) is 19.3 Å². The fourth-order valence-electron chi connectivity index (χ4n) is 9.70. The van der Waals surface area contributed by atoms with Crippen molar-refractivity contribution in [2.75, 3.05) is 25.4 Å². The number of nitrogens with two attached hydrogens (primary N) is 1. The summed E-state index contributed by atoms with van der Waals surface area (Å²) in [7, 11) is 0. The zero-order valence-electron chi connectivity index (χ0n) is 42.1. The van der Waals surface area contributed by atoms with Crippen LogP contribution in [-0.2, 0) is 38.2 Å². The SMILES string of the molecule is CCCCCCCCCCCCCCCC(=O)OC(CC)(C[C@@H]1C(C(=O)O)CCN1C(=O)[C@@H]1CCCN1C(=O)[C@H](CO)NC(=O)[C@@H](N)CS)OC(=O)CCCCCCCCCCCCCCC. The number of carbonyl (C=O) groups is 6. The normalized spacial score (nSPS) is 18.2. The molecule has 388 valence electrons. The molecule has 67 heavy (non-hydrogen) atoms. The topological polar surface area (TPSA) is 206 Å². The van der Waals surface area contributed by atoms with Crippen LogP contribution in [0.4, 0.5) is 0 Å². The van der Waals surface area contributed by atoms with Gasteiger partial charge < -0.3 is 40.5 Å². The number of thiol groups is 1. The van der Waals surface area contributed by atoms with Crippen LogP contribution in [0.15, 0.2) is 0 Å². The van der Waals surface area contributed by atoms with Crippen LogP contribution in [0.3, 0.4) is 0 Å². The number of carboxylic acids is 1. The first-order chi connectivity index (χ1) is 32.4. The highest BCUT2D eigenvalue weighted by Gasteiger charge is 2.51. The lowest BCUT2D eigenvalue weighted by Gasteiger charge is -2.39. The van der Waals surface area contributed by atoms with E-state index in [1.807, 2.05) is 0 Å². The lowest BCUT2D eigenvalue weighted by Crippen LogP contribution is -2.58. The Morgan fingerprint density at radius 2 is 1.09 bits per heavy atom.